The zero-order chi connectivity index (χ0) is 13.0. The summed E-state index contributed by atoms with van der Waals surface area (Å²) in [7, 11) is 0. The topological polar surface area (TPSA) is 77.2 Å². The van der Waals surface area contributed by atoms with E-state index in [9.17, 15) is 4.79 Å². The molecule has 1 atom stereocenters. The van der Waals surface area contributed by atoms with Crippen LogP contribution in [-0.2, 0) is 11.3 Å². The number of aryl methyl sites for hydroxylation is 1. The molecule has 2 rings (SSSR count). The quantitative estimate of drug-likeness (QED) is 0.834. The molecule has 1 aliphatic heterocycles. The van der Waals surface area contributed by atoms with Crippen molar-refractivity contribution in [2.24, 2.45) is 5.73 Å². The molecule has 18 heavy (non-hydrogen) atoms. The number of pyridine rings is 1. The zero-order valence-corrected chi connectivity index (χ0v) is 10.6. The molecular weight excluding hydrogens is 230 g/mol. The first kappa shape index (κ1) is 12.8. The van der Waals surface area contributed by atoms with Crippen LogP contribution in [0.1, 0.15) is 30.7 Å². The van der Waals surface area contributed by atoms with Crippen molar-refractivity contribution in [1.29, 1.82) is 0 Å². The van der Waals surface area contributed by atoms with Gasteiger partial charge in [0.1, 0.15) is 5.75 Å². The van der Waals surface area contributed by atoms with Crippen molar-refractivity contribution in [3.8, 4) is 5.75 Å². The second-order valence-electron chi connectivity index (χ2n) is 4.49. The van der Waals surface area contributed by atoms with Crippen molar-refractivity contribution in [2.45, 2.75) is 38.8 Å². The second-order valence-corrected chi connectivity index (χ2v) is 4.49. The number of aromatic nitrogens is 1. The predicted molar refractivity (Wildman–Crippen MR) is 68.1 cm³/mol. The van der Waals surface area contributed by atoms with E-state index in [4.69, 9.17) is 10.5 Å². The molecule has 1 aromatic rings. The van der Waals surface area contributed by atoms with E-state index in [1.807, 2.05) is 19.1 Å². The van der Waals surface area contributed by atoms with Crippen molar-refractivity contribution >= 4 is 5.91 Å². The van der Waals surface area contributed by atoms with E-state index in [0.717, 1.165) is 31.5 Å². The van der Waals surface area contributed by atoms with Gasteiger partial charge in [-0.15, -0.1) is 0 Å². The molecule has 1 fully saturated rings. The lowest BCUT2D eigenvalue weighted by Crippen LogP contribution is -2.36. The van der Waals surface area contributed by atoms with Crippen LogP contribution in [0.5, 0.6) is 5.75 Å². The van der Waals surface area contributed by atoms with Crippen molar-refractivity contribution < 1.29 is 9.53 Å². The smallest absolute Gasteiger partial charge is 0.261 e. The van der Waals surface area contributed by atoms with E-state index < -0.39 is 6.10 Å². The second kappa shape index (κ2) is 5.82. The van der Waals surface area contributed by atoms with E-state index >= 15 is 0 Å². The van der Waals surface area contributed by atoms with Gasteiger partial charge >= 0.3 is 0 Å². The molecule has 0 aliphatic carbocycles. The summed E-state index contributed by atoms with van der Waals surface area (Å²) >= 11 is 0. The Morgan fingerprint density at radius 2 is 2.33 bits per heavy atom. The Balaban J connectivity index is 2.14. The number of carbonyl (C=O) groups is 1. The lowest BCUT2D eigenvalue weighted by molar-refractivity contribution is -0.127. The zero-order valence-electron chi connectivity index (χ0n) is 10.6. The third-order valence-corrected chi connectivity index (χ3v) is 3.02. The van der Waals surface area contributed by atoms with Crippen LogP contribution >= 0.6 is 0 Å². The fourth-order valence-corrected chi connectivity index (χ4v) is 2.03. The molecule has 0 saturated carbocycles. The molecule has 1 aliphatic rings. The van der Waals surface area contributed by atoms with Crippen LogP contribution in [0.4, 0.5) is 0 Å². The number of nitrogens with one attached hydrogen (secondary N) is 1. The molecule has 0 aromatic carbocycles. The Morgan fingerprint density at radius 1 is 1.50 bits per heavy atom. The molecule has 0 radical (unpaired) electrons. The Bertz CT molecular complexity index is 434. The van der Waals surface area contributed by atoms with Gasteiger partial charge in [-0.1, -0.05) is 0 Å². The number of hydrogen-bond donors (Lipinski definition) is 2. The van der Waals surface area contributed by atoms with Crippen LogP contribution in [0.25, 0.3) is 0 Å². The highest BCUT2D eigenvalue weighted by Gasteiger charge is 2.23. The number of hydrogen-bond acceptors (Lipinski definition) is 4. The highest BCUT2D eigenvalue weighted by Crippen LogP contribution is 2.20. The third-order valence-electron chi connectivity index (χ3n) is 3.02. The summed E-state index contributed by atoms with van der Waals surface area (Å²) in [4.78, 5) is 16.1. The van der Waals surface area contributed by atoms with Gasteiger partial charge in [-0.25, -0.2) is 0 Å². The first-order chi connectivity index (χ1) is 8.70. The van der Waals surface area contributed by atoms with Crippen LogP contribution in [0.2, 0.25) is 0 Å². The van der Waals surface area contributed by atoms with Gasteiger partial charge in [0, 0.05) is 18.8 Å². The SMILES string of the molecule is Cc1ccc(OC2CCCCNC2=O)c(CN)n1. The maximum absolute atomic E-state index is 11.8. The number of nitrogens with zero attached hydrogens (tertiary/aromatic N) is 1. The molecule has 5 nitrogen and oxygen atoms in total. The average Bonchev–Trinajstić information content (AvgIpc) is 2.57. The van der Waals surface area contributed by atoms with Crippen LogP contribution in [0.3, 0.4) is 0 Å². The molecular formula is C13H19N3O2. The Morgan fingerprint density at radius 3 is 3.11 bits per heavy atom. The van der Waals surface area contributed by atoms with E-state index in [0.29, 0.717) is 18.0 Å². The van der Waals surface area contributed by atoms with E-state index in [1.54, 1.807) is 0 Å². The summed E-state index contributed by atoms with van der Waals surface area (Å²) in [5.41, 5.74) is 7.24. The lowest BCUT2D eigenvalue weighted by atomic mass is 10.2. The van der Waals surface area contributed by atoms with Gasteiger partial charge in [-0.2, -0.15) is 0 Å². The highest BCUT2D eigenvalue weighted by atomic mass is 16.5. The van der Waals surface area contributed by atoms with Gasteiger partial charge < -0.3 is 15.8 Å². The minimum Gasteiger partial charge on any atom is -0.479 e. The number of rotatable bonds is 3. The third kappa shape index (κ3) is 2.98. The molecule has 2 heterocycles. The molecule has 3 N–H and O–H groups in total. The lowest BCUT2D eigenvalue weighted by Gasteiger charge is -2.17. The van der Waals surface area contributed by atoms with Crippen LogP contribution in [0.15, 0.2) is 12.1 Å². The van der Waals surface area contributed by atoms with Gasteiger partial charge in [0.2, 0.25) is 0 Å². The molecule has 1 aromatic heterocycles. The molecule has 1 amide bonds. The molecule has 1 saturated heterocycles. The van der Waals surface area contributed by atoms with Gasteiger partial charge in [0.25, 0.3) is 5.91 Å². The molecule has 5 heteroatoms. The number of nitrogens with two attached hydrogens (primary N) is 1. The fourth-order valence-electron chi connectivity index (χ4n) is 2.03. The number of carbonyl (C=O) groups excluding carboxylic acids is 1. The normalized spacial score (nSPS) is 20.1. The van der Waals surface area contributed by atoms with Gasteiger partial charge in [-0.05, 0) is 38.3 Å². The van der Waals surface area contributed by atoms with E-state index in [2.05, 4.69) is 10.3 Å². The summed E-state index contributed by atoms with van der Waals surface area (Å²) in [5.74, 6) is 0.571. The van der Waals surface area contributed by atoms with Crippen molar-refractivity contribution in [2.75, 3.05) is 6.54 Å². The summed E-state index contributed by atoms with van der Waals surface area (Å²) in [6.45, 7) is 2.95. The van der Waals surface area contributed by atoms with Crippen LogP contribution < -0.4 is 15.8 Å². The van der Waals surface area contributed by atoms with Crippen LogP contribution in [0, 0.1) is 6.92 Å². The summed E-state index contributed by atoms with van der Waals surface area (Å²) in [5, 5.41) is 2.85. The summed E-state index contributed by atoms with van der Waals surface area (Å²) in [6, 6.07) is 3.70. The summed E-state index contributed by atoms with van der Waals surface area (Å²) < 4.78 is 5.77. The molecule has 0 bridgehead atoms. The van der Waals surface area contributed by atoms with Crippen molar-refractivity contribution in [3.63, 3.8) is 0 Å². The molecule has 98 valence electrons. The molecule has 0 spiro atoms. The standard InChI is InChI=1S/C13H19N3O2/c1-9-5-6-11(10(8-14)16-9)18-12-4-2-3-7-15-13(12)17/h5-6,12H,2-4,7-8,14H2,1H3,(H,15,17). The van der Waals surface area contributed by atoms with Gasteiger partial charge in [-0.3, -0.25) is 9.78 Å². The van der Waals surface area contributed by atoms with E-state index in [1.165, 1.54) is 0 Å². The maximum Gasteiger partial charge on any atom is 0.261 e. The largest absolute Gasteiger partial charge is 0.479 e. The van der Waals surface area contributed by atoms with E-state index in [-0.39, 0.29) is 5.91 Å². The Kier molecular flexibility index (Phi) is 4.15. The van der Waals surface area contributed by atoms with Crippen molar-refractivity contribution in [3.05, 3.63) is 23.5 Å². The average molecular weight is 249 g/mol. The number of ether oxygens (including phenoxy) is 1. The van der Waals surface area contributed by atoms with Gasteiger partial charge in [0.05, 0.1) is 5.69 Å². The summed E-state index contributed by atoms with van der Waals surface area (Å²) in [6.07, 6.45) is 2.30. The van der Waals surface area contributed by atoms with Crippen molar-refractivity contribution in [1.82, 2.24) is 10.3 Å². The minimum atomic E-state index is -0.428. The maximum atomic E-state index is 11.8. The monoisotopic (exact) mass is 249 g/mol. The first-order valence-electron chi connectivity index (χ1n) is 6.31. The molecule has 1 unspecified atom stereocenters. The predicted octanol–water partition coefficient (Wildman–Crippen LogP) is 0.896. The van der Waals surface area contributed by atoms with Crippen LogP contribution in [-0.4, -0.2) is 23.5 Å². The van der Waals surface area contributed by atoms with Gasteiger partial charge in [0.15, 0.2) is 6.10 Å². The minimum absolute atomic E-state index is 0.0453. The number of amides is 1. The highest BCUT2D eigenvalue weighted by molar-refractivity contribution is 5.81. The fraction of sp³-hybridized carbons (Fsp3) is 0.538. The Labute approximate surface area is 107 Å². The Hall–Kier alpha value is -1.62. The first-order valence-corrected chi connectivity index (χ1v) is 6.31.